The Labute approximate surface area is 232 Å². The number of piperidine rings is 1. The molecule has 194 valence electrons. The molecular weight excluding hydrogens is 482 g/mol. The molecule has 0 unspecified atom stereocenters. The minimum Gasteiger partial charge on any atom is -0.337 e. The van der Waals surface area contributed by atoms with Gasteiger partial charge in [-0.3, -0.25) is 4.90 Å². The van der Waals surface area contributed by atoms with Crippen LogP contribution in [0.4, 0.5) is 11.4 Å². The van der Waals surface area contributed by atoms with E-state index in [-0.39, 0.29) is 0 Å². The monoisotopic (exact) mass is 519 g/mol. The molecule has 0 N–H and O–H groups in total. The second-order valence-electron chi connectivity index (χ2n) is 10.5. The zero-order chi connectivity index (χ0) is 25.6. The fourth-order valence-electron chi connectivity index (χ4n) is 5.91. The molecule has 0 atom stereocenters. The van der Waals surface area contributed by atoms with E-state index in [9.17, 15) is 0 Å². The maximum atomic E-state index is 2.68. The lowest BCUT2D eigenvalue weighted by molar-refractivity contribution is 0.166. The van der Waals surface area contributed by atoms with Crippen LogP contribution in [0.25, 0.3) is 0 Å². The molecule has 0 radical (unpaired) electrons. The van der Waals surface area contributed by atoms with Gasteiger partial charge in [-0.1, -0.05) is 91.0 Å². The van der Waals surface area contributed by atoms with Gasteiger partial charge in [-0.05, 0) is 47.7 Å². The van der Waals surface area contributed by atoms with E-state index in [0.717, 1.165) is 45.0 Å². The predicted octanol–water partition coefficient (Wildman–Crippen LogP) is 7.60. The summed E-state index contributed by atoms with van der Waals surface area (Å²) in [5.41, 5.74) is 7.02. The van der Waals surface area contributed by atoms with Crippen LogP contribution >= 0.6 is 11.8 Å². The third-order valence-electron chi connectivity index (χ3n) is 7.91. The largest absolute Gasteiger partial charge is 0.337 e. The van der Waals surface area contributed by atoms with Crippen LogP contribution in [0.5, 0.6) is 0 Å². The van der Waals surface area contributed by atoms with Crippen molar-refractivity contribution in [1.82, 2.24) is 9.80 Å². The zero-order valence-electron chi connectivity index (χ0n) is 22.1. The van der Waals surface area contributed by atoms with Gasteiger partial charge in [0.15, 0.2) is 0 Å². The van der Waals surface area contributed by atoms with E-state index in [1.165, 1.54) is 45.8 Å². The Morgan fingerprint density at radius 3 is 1.92 bits per heavy atom. The minimum absolute atomic E-state index is 0.539. The Bertz CT molecular complexity index is 1210. The Hall–Kier alpha value is -3.05. The van der Waals surface area contributed by atoms with Crippen molar-refractivity contribution in [3.8, 4) is 0 Å². The number of fused-ring (bicyclic) bond motifs is 2. The summed E-state index contributed by atoms with van der Waals surface area (Å²) < 4.78 is 0. The average molecular weight is 520 g/mol. The highest BCUT2D eigenvalue weighted by atomic mass is 32.2. The third-order valence-corrected chi connectivity index (χ3v) is 9.02. The van der Waals surface area contributed by atoms with E-state index in [1.807, 2.05) is 11.8 Å². The van der Waals surface area contributed by atoms with Crippen molar-refractivity contribution in [3.05, 3.63) is 126 Å². The Balaban J connectivity index is 1.12. The summed E-state index contributed by atoms with van der Waals surface area (Å²) in [6, 6.07) is 40.4. The van der Waals surface area contributed by atoms with Crippen LogP contribution in [0.1, 0.15) is 29.5 Å². The number of rotatable bonds is 8. The molecule has 3 nitrogen and oxygen atoms in total. The first-order valence-corrected chi connectivity index (χ1v) is 14.9. The molecule has 0 aromatic heterocycles. The second kappa shape index (κ2) is 12.2. The van der Waals surface area contributed by atoms with E-state index < -0.39 is 0 Å². The molecule has 4 heteroatoms. The quantitative estimate of drug-likeness (QED) is 0.237. The third kappa shape index (κ3) is 5.99. The van der Waals surface area contributed by atoms with Crippen LogP contribution < -0.4 is 4.90 Å². The van der Waals surface area contributed by atoms with Crippen molar-refractivity contribution in [2.24, 2.45) is 0 Å². The number of nitrogens with zero attached hydrogens (tertiary/aromatic N) is 3. The van der Waals surface area contributed by atoms with Crippen LogP contribution in [0.3, 0.4) is 0 Å². The van der Waals surface area contributed by atoms with Crippen LogP contribution in [0.15, 0.2) is 114 Å². The van der Waals surface area contributed by atoms with Crippen molar-refractivity contribution in [3.63, 3.8) is 0 Å². The molecule has 0 bridgehead atoms. The molecule has 2 aliphatic rings. The number of thioether (sulfide) groups is 1. The van der Waals surface area contributed by atoms with E-state index in [1.54, 1.807) is 0 Å². The average Bonchev–Trinajstić information content (AvgIpc) is 3.14. The fraction of sp³-hybridized carbons (Fsp3) is 0.294. The SMILES string of the molecule is c1ccc(CN(CCN2CCC(N3c4ccccc4CSc4ccccc43)CC2)Cc2ccccc2)cc1. The van der Waals surface area contributed by atoms with Crippen molar-refractivity contribution in [2.45, 2.75) is 42.6 Å². The number of benzene rings is 4. The van der Waals surface area contributed by atoms with Crippen LogP contribution in [0.2, 0.25) is 0 Å². The number of para-hydroxylation sites is 2. The molecule has 2 heterocycles. The molecule has 0 amide bonds. The van der Waals surface area contributed by atoms with Crippen LogP contribution in [-0.2, 0) is 18.8 Å². The van der Waals surface area contributed by atoms with Crippen molar-refractivity contribution >= 4 is 23.1 Å². The van der Waals surface area contributed by atoms with Crippen molar-refractivity contribution in [1.29, 1.82) is 0 Å². The first kappa shape index (κ1) is 25.2. The highest BCUT2D eigenvalue weighted by molar-refractivity contribution is 7.98. The smallest absolute Gasteiger partial charge is 0.0551 e. The van der Waals surface area contributed by atoms with Gasteiger partial charge < -0.3 is 9.80 Å². The second-order valence-corrected chi connectivity index (χ2v) is 11.5. The first-order valence-electron chi connectivity index (χ1n) is 13.9. The highest BCUT2D eigenvalue weighted by Crippen LogP contribution is 2.44. The molecule has 2 aliphatic heterocycles. The normalized spacial score (nSPS) is 16.2. The summed E-state index contributed by atoms with van der Waals surface area (Å²) in [4.78, 5) is 9.36. The summed E-state index contributed by atoms with van der Waals surface area (Å²) in [5.74, 6) is 1.04. The van der Waals surface area contributed by atoms with E-state index in [0.29, 0.717) is 6.04 Å². The molecular formula is C34H37N3S. The predicted molar refractivity (Wildman–Crippen MR) is 161 cm³/mol. The van der Waals surface area contributed by atoms with Crippen LogP contribution in [-0.4, -0.2) is 42.0 Å². The summed E-state index contributed by atoms with van der Waals surface area (Å²) >= 11 is 1.98. The van der Waals surface area contributed by atoms with Gasteiger partial charge in [0.25, 0.3) is 0 Å². The van der Waals surface area contributed by atoms with Crippen LogP contribution in [0, 0.1) is 0 Å². The minimum atomic E-state index is 0.539. The number of likely N-dealkylation sites (tertiary alicyclic amines) is 1. The lowest BCUT2D eigenvalue weighted by Gasteiger charge is -2.41. The van der Waals surface area contributed by atoms with E-state index in [4.69, 9.17) is 0 Å². The first-order chi connectivity index (χ1) is 18.8. The molecule has 0 saturated carbocycles. The molecule has 1 fully saturated rings. The van der Waals surface area contributed by atoms with Gasteiger partial charge in [0.05, 0.1) is 5.69 Å². The van der Waals surface area contributed by atoms with Gasteiger partial charge in [0.2, 0.25) is 0 Å². The fourth-order valence-corrected chi connectivity index (χ4v) is 6.95. The number of hydrogen-bond acceptors (Lipinski definition) is 4. The lowest BCUT2D eigenvalue weighted by atomic mass is 10.00. The van der Waals surface area contributed by atoms with Gasteiger partial charge in [-0.2, -0.15) is 0 Å². The number of anilines is 2. The van der Waals surface area contributed by atoms with E-state index >= 15 is 0 Å². The van der Waals surface area contributed by atoms with Gasteiger partial charge in [0.1, 0.15) is 0 Å². The zero-order valence-corrected chi connectivity index (χ0v) is 22.9. The Morgan fingerprint density at radius 1 is 0.658 bits per heavy atom. The van der Waals surface area contributed by atoms with E-state index in [2.05, 4.69) is 124 Å². The molecule has 1 saturated heterocycles. The van der Waals surface area contributed by atoms with Gasteiger partial charge in [-0.25, -0.2) is 0 Å². The molecule has 0 aliphatic carbocycles. The number of hydrogen-bond donors (Lipinski definition) is 0. The molecule has 0 spiro atoms. The molecule has 38 heavy (non-hydrogen) atoms. The standard InChI is InChI=1S/C34H37N3S/c1-3-11-28(12-4-1)25-36(26-29-13-5-2-6-14-29)24-23-35-21-19-31(20-22-35)37-32-16-8-7-15-30(32)27-38-34-18-10-9-17-33(34)37/h1-18,31H,19-27H2. The lowest BCUT2D eigenvalue weighted by Crippen LogP contribution is -2.45. The highest BCUT2D eigenvalue weighted by Gasteiger charge is 2.30. The summed E-state index contributed by atoms with van der Waals surface area (Å²) in [5, 5.41) is 0. The maximum Gasteiger partial charge on any atom is 0.0551 e. The summed E-state index contributed by atoms with van der Waals surface area (Å²) in [7, 11) is 0. The molecule has 4 aromatic carbocycles. The van der Waals surface area contributed by atoms with Gasteiger partial charge >= 0.3 is 0 Å². The Kier molecular flexibility index (Phi) is 8.11. The van der Waals surface area contributed by atoms with Crippen molar-refractivity contribution < 1.29 is 0 Å². The molecule has 4 aromatic rings. The maximum absolute atomic E-state index is 2.68. The van der Waals surface area contributed by atoms with Crippen molar-refractivity contribution in [2.75, 3.05) is 31.1 Å². The Morgan fingerprint density at radius 2 is 1.24 bits per heavy atom. The topological polar surface area (TPSA) is 9.72 Å². The summed E-state index contributed by atoms with van der Waals surface area (Å²) in [6.07, 6.45) is 2.40. The molecule has 6 rings (SSSR count). The summed E-state index contributed by atoms with van der Waals surface area (Å²) in [6.45, 7) is 6.50. The van der Waals surface area contributed by atoms with Gasteiger partial charge in [-0.15, -0.1) is 11.8 Å². The van der Waals surface area contributed by atoms with Gasteiger partial charge in [0, 0.05) is 61.6 Å².